The molecule has 0 saturated carbocycles. The molecular weight excluding hydrogens is 150 g/mol. The number of hydrogen-bond acceptors (Lipinski definition) is 2. The maximum atomic E-state index is 6.04. The highest BCUT2D eigenvalue weighted by atomic mass is 16.5. The van der Waals surface area contributed by atoms with Gasteiger partial charge < -0.3 is 10.5 Å². The van der Waals surface area contributed by atoms with Crippen LogP contribution in [0.25, 0.3) is 0 Å². The van der Waals surface area contributed by atoms with Crippen molar-refractivity contribution in [1.29, 1.82) is 0 Å². The van der Waals surface area contributed by atoms with E-state index in [9.17, 15) is 0 Å². The first-order valence-corrected chi connectivity index (χ1v) is 4.61. The summed E-state index contributed by atoms with van der Waals surface area (Å²) in [6, 6.07) is 0. The number of rotatable bonds is 6. The zero-order valence-corrected chi connectivity index (χ0v) is 8.47. The minimum Gasteiger partial charge on any atom is -0.373 e. The third-order valence-corrected chi connectivity index (χ3v) is 2.37. The van der Waals surface area contributed by atoms with Crippen LogP contribution in [0, 0.1) is 0 Å². The van der Waals surface area contributed by atoms with E-state index in [0.717, 1.165) is 12.8 Å². The van der Waals surface area contributed by atoms with Gasteiger partial charge in [-0.1, -0.05) is 19.9 Å². The van der Waals surface area contributed by atoms with Crippen molar-refractivity contribution < 1.29 is 4.74 Å². The molecule has 0 saturated heterocycles. The van der Waals surface area contributed by atoms with E-state index < -0.39 is 0 Å². The summed E-state index contributed by atoms with van der Waals surface area (Å²) in [4.78, 5) is 0. The van der Waals surface area contributed by atoms with Crippen molar-refractivity contribution in [2.75, 3.05) is 6.61 Å². The molecule has 12 heavy (non-hydrogen) atoms. The Labute approximate surface area is 75.8 Å². The van der Waals surface area contributed by atoms with Crippen LogP contribution in [0.1, 0.15) is 33.6 Å². The minimum absolute atomic E-state index is 0.103. The Morgan fingerprint density at radius 2 is 2.00 bits per heavy atom. The van der Waals surface area contributed by atoms with Gasteiger partial charge in [0.15, 0.2) is 0 Å². The molecular formula is C10H21NO. The summed E-state index contributed by atoms with van der Waals surface area (Å²) in [5, 5.41) is 0. The summed E-state index contributed by atoms with van der Waals surface area (Å²) >= 11 is 0. The maximum absolute atomic E-state index is 6.04. The fraction of sp³-hybridized carbons (Fsp3) is 0.800. The quantitative estimate of drug-likeness (QED) is 0.621. The molecule has 2 heteroatoms. The predicted molar refractivity (Wildman–Crippen MR) is 53.1 cm³/mol. The van der Waals surface area contributed by atoms with Gasteiger partial charge in [0.05, 0.1) is 12.7 Å². The Hall–Kier alpha value is -0.340. The van der Waals surface area contributed by atoms with Gasteiger partial charge in [-0.05, 0) is 19.8 Å². The van der Waals surface area contributed by atoms with Gasteiger partial charge in [-0.2, -0.15) is 0 Å². The van der Waals surface area contributed by atoms with E-state index in [4.69, 9.17) is 10.5 Å². The molecule has 2 N–H and O–H groups in total. The summed E-state index contributed by atoms with van der Waals surface area (Å²) in [5.41, 5.74) is 5.88. The normalized spacial score (nSPS) is 14.3. The van der Waals surface area contributed by atoms with Gasteiger partial charge in [-0.15, -0.1) is 6.58 Å². The second-order valence-electron chi connectivity index (χ2n) is 3.32. The van der Waals surface area contributed by atoms with Crippen LogP contribution < -0.4 is 5.73 Å². The first-order valence-electron chi connectivity index (χ1n) is 4.61. The lowest BCUT2D eigenvalue weighted by atomic mass is 9.95. The van der Waals surface area contributed by atoms with Crippen LogP contribution in [-0.2, 0) is 4.74 Å². The molecule has 0 aliphatic heterocycles. The van der Waals surface area contributed by atoms with Crippen molar-refractivity contribution >= 4 is 0 Å². The van der Waals surface area contributed by atoms with Crippen molar-refractivity contribution in [3.8, 4) is 0 Å². The van der Waals surface area contributed by atoms with Gasteiger partial charge in [-0.3, -0.25) is 0 Å². The molecule has 0 aliphatic rings. The van der Waals surface area contributed by atoms with Crippen molar-refractivity contribution in [3.05, 3.63) is 12.7 Å². The van der Waals surface area contributed by atoms with Crippen LogP contribution in [-0.4, -0.2) is 18.2 Å². The Balaban J connectivity index is 3.79. The fourth-order valence-electron chi connectivity index (χ4n) is 0.820. The van der Waals surface area contributed by atoms with Gasteiger partial charge in [0.25, 0.3) is 0 Å². The topological polar surface area (TPSA) is 35.2 Å². The molecule has 0 rings (SSSR count). The highest BCUT2D eigenvalue weighted by Crippen LogP contribution is 2.12. The average molecular weight is 171 g/mol. The van der Waals surface area contributed by atoms with Gasteiger partial charge >= 0.3 is 0 Å². The lowest BCUT2D eigenvalue weighted by Crippen LogP contribution is -2.43. The summed E-state index contributed by atoms with van der Waals surface area (Å²) in [6.07, 6.45) is 3.79. The highest BCUT2D eigenvalue weighted by molar-refractivity contribution is 4.83. The van der Waals surface area contributed by atoms with Gasteiger partial charge in [0.1, 0.15) is 0 Å². The predicted octanol–water partition coefficient (Wildman–Crippen LogP) is 2.09. The van der Waals surface area contributed by atoms with Crippen molar-refractivity contribution in [3.63, 3.8) is 0 Å². The second kappa shape index (κ2) is 5.33. The average Bonchev–Trinajstić information content (AvgIpc) is 2.13. The second-order valence-corrected chi connectivity index (χ2v) is 3.32. The summed E-state index contributed by atoms with van der Waals surface area (Å²) in [7, 11) is 0. The molecule has 0 aliphatic carbocycles. The summed E-state index contributed by atoms with van der Waals surface area (Å²) < 4.78 is 5.50. The van der Waals surface area contributed by atoms with E-state index in [1.807, 2.05) is 6.92 Å². The molecule has 0 radical (unpaired) electrons. The summed E-state index contributed by atoms with van der Waals surface area (Å²) in [6.45, 7) is 10.4. The molecule has 0 aromatic carbocycles. The number of ether oxygens (including phenoxy) is 1. The van der Waals surface area contributed by atoms with Crippen molar-refractivity contribution in [2.45, 2.75) is 45.3 Å². The Morgan fingerprint density at radius 1 is 1.50 bits per heavy atom. The van der Waals surface area contributed by atoms with Crippen LogP contribution in [0.5, 0.6) is 0 Å². The van der Waals surface area contributed by atoms with Crippen LogP contribution >= 0.6 is 0 Å². The molecule has 0 amide bonds. The molecule has 1 atom stereocenters. The van der Waals surface area contributed by atoms with Crippen LogP contribution in [0.2, 0.25) is 0 Å². The van der Waals surface area contributed by atoms with Crippen molar-refractivity contribution in [1.82, 2.24) is 0 Å². The molecule has 0 aromatic heterocycles. The first-order chi connectivity index (χ1) is 5.58. The van der Waals surface area contributed by atoms with E-state index in [1.54, 1.807) is 6.08 Å². The molecule has 1 unspecified atom stereocenters. The standard InChI is InChI=1S/C10H21NO/c1-5-9(4)12-8-10(11,6-2)7-3/h5,9H,1,6-8,11H2,2-4H3. The summed E-state index contributed by atoms with van der Waals surface area (Å²) in [5.74, 6) is 0. The number of nitrogens with two attached hydrogens (primary N) is 1. The third kappa shape index (κ3) is 3.88. The van der Waals surface area contributed by atoms with Crippen LogP contribution in [0.4, 0.5) is 0 Å². The monoisotopic (exact) mass is 171 g/mol. The van der Waals surface area contributed by atoms with Gasteiger partial charge in [0.2, 0.25) is 0 Å². The smallest absolute Gasteiger partial charge is 0.0725 e. The lowest BCUT2D eigenvalue weighted by molar-refractivity contribution is 0.0522. The lowest BCUT2D eigenvalue weighted by Gasteiger charge is -2.27. The molecule has 72 valence electrons. The minimum atomic E-state index is -0.155. The van der Waals surface area contributed by atoms with Crippen molar-refractivity contribution in [2.24, 2.45) is 5.73 Å². The van der Waals surface area contributed by atoms with Gasteiger partial charge in [-0.25, -0.2) is 0 Å². The Kier molecular flexibility index (Phi) is 5.18. The number of hydrogen-bond donors (Lipinski definition) is 1. The molecule has 0 bridgehead atoms. The Morgan fingerprint density at radius 3 is 2.33 bits per heavy atom. The zero-order valence-electron chi connectivity index (χ0n) is 8.47. The maximum Gasteiger partial charge on any atom is 0.0725 e. The van der Waals surface area contributed by atoms with E-state index >= 15 is 0 Å². The molecule has 0 aromatic rings. The van der Waals surface area contributed by atoms with Crippen LogP contribution in [0.3, 0.4) is 0 Å². The van der Waals surface area contributed by atoms with E-state index in [0.29, 0.717) is 6.61 Å². The molecule has 2 nitrogen and oxygen atoms in total. The van der Waals surface area contributed by atoms with Gasteiger partial charge in [0, 0.05) is 5.54 Å². The van der Waals surface area contributed by atoms with E-state index in [-0.39, 0.29) is 11.6 Å². The first kappa shape index (κ1) is 11.7. The molecule has 0 spiro atoms. The Bertz CT molecular complexity index is 130. The largest absolute Gasteiger partial charge is 0.373 e. The fourth-order valence-corrected chi connectivity index (χ4v) is 0.820. The highest BCUT2D eigenvalue weighted by Gasteiger charge is 2.20. The van der Waals surface area contributed by atoms with E-state index in [1.165, 1.54) is 0 Å². The van der Waals surface area contributed by atoms with Crippen LogP contribution in [0.15, 0.2) is 12.7 Å². The molecule has 0 heterocycles. The SMILES string of the molecule is C=CC(C)OCC(N)(CC)CC. The van der Waals surface area contributed by atoms with E-state index in [2.05, 4.69) is 20.4 Å². The third-order valence-electron chi connectivity index (χ3n) is 2.37. The zero-order chi connectivity index (χ0) is 9.61. The molecule has 0 fully saturated rings.